The van der Waals surface area contributed by atoms with Crippen LogP contribution in [0.5, 0.6) is 5.75 Å². The lowest BCUT2D eigenvalue weighted by molar-refractivity contribution is 0.413. The number of fused-ring (bicyclic) bond motifs is 1. The Morgan fingerprint density at radius 1 is 1.11 bits per heavy atom. The van der Waals surface area contributed by atoms with Gasteiger partial charge in [0.05, 0.1) is 7.11 Å². The minimum atomic E-state index is 0.595. The van der Waals surface area contributed by atoms with Gasteiger partial charge in [0.2, 0.25) is 5.95 Å². The lowest BCUT2D eigenvalue weighted by atomic mass is 9.99. The number of aromatic nitrogens is 2. The third-order valence-corrected chi connectivity index (χ3v) is 5.19. The van der Waals surface area contributed by atoms with Crippen LogP contribution in [0.1, 0.15) is 23.7 Å². The van der Waals surface area contributed by atoms with Crippen LogP contribution in [-0.4, -0.2) is 23.6 Å². The van der Waals surface area contributed by atoms with Gasteiger partial charge >= 0.3 is 0 Å². The van der Waals surface area contributed by atoms with Crippen molar-refractivity contribution in [1.82, 2.24) is 9.97 Å². The molecule has 0 amide bonds. The maximum atomic E-state index is 6.09. The van der Waals surface area contributed by atoms with E-state index >= 15 is 0 Å². The predicted octanol–water partition coefficient (Wildman–Crippen LogP) is 5.01. The van der Waals surface area contributed by atoms with Crippen molar-refractivity contribution in [3.8, 4) is 5.75 Å². The first-order valence-electron chi connectivity index (χ1n) is 9.46. The normalized spacial score (nSPS) is 13.2. The van der Waals surface area contributed by atoms with Crippen molar-refractivity contribution in [2.24, 2.45) is 0 Å². The molecule has 4 rings (SSSR count). The van der Waals surface area contributed by atoms with E-state index < -0.39 is 0 Å². The highest BCUT2D eigenvalue weighted by Crippen LogP contribution is 2.28. The van der Waals surface area contributed by atoms with Crippen molar-refractivity contribution in [3.05, 3.63) is 70.4 Å². The highest BCUT2D eigenvalue weighted by Gasteiger charge is 2.19. The van der Waals surface area contributed by atoms with Crippen molar-refractivity contribution in [1.29, 1.82) is 0 Å². The van der Waals surface area contributed by atoms with Crippen LogP contribution in [0, 0.1) is 0 Å². The fraction of sp³-hybridized carbons (Fsp3) is 0.273. The lowest BCUT2D eigenvalue weighted by Gasteiger charge is -2.30. The zero-order valence-electron chi connectivity index (χ0n) is 16.1. The zero-order chi connectivity index (χ0) is 19.5. The summed E-state index contributed by atoms with van der Waals surface area (Å²) >= 11 is 6.09. The van der Waals surface area contributed by atoms with Gasteiger partial charge in [-0.2, -0.15) is 4.98 Å². The number of benzene rings is 2. The number of methoxy groups -OCH3 is 1. The number of ether oxygens (including phenoxy) is 1. The Morgan fingerprint density at radius 3 is 2.79 bits per heavy atom. The molecule has 144 valence electrons. The highest BCUT2D eigenvalue weighted by molar-refractivity contribution is 6.30. The van der Waals surface area contributed by atoms with Crippen LogP contribution in [0.15, 0.2) is 48.5 Å². The molecule has 0 saturated heterocycles. The van der Waals surface area contributed by atoms with E-state index in [1.807, 2.05) is 30.3 Å². The van der Waals surface area contributed by atoms with Crippen molar-refractivity contribution in [2.75, 3.05) is 23.9 Å². The molecule has 0 bridgehead atoms. The molecule has 1 aliphatic heterocycles. The monoisotopic (exact) mass is 394 g/mol. The summed E-state index contributed by atoms with van der Waals surface area (Å²) in [6.07, 6.45) is 1.82. The number of nitrogens with one attached hydrogen (secondary N) is 1. The van der Waals surface area contributed by atoms with E-state index in [0.29, 0.717) is 11.0 Å². The number of halogens is 1. The summed E-state index contributed by atoms with van der Waals surface area (Å²) in [5.74, 6) is 2.45. The van der Waals surface area contributed by atoms with Gasteiger partial charge in [0.1, 0.15) is 11.6 Å². The number of aryl methyl sites for hydroxylation is 1. The second-order valence-corrected chi connectivity index (χ2v) is 7.27. The van der Waals surface area contributed by atoms with E-state index in [-0.39, 0.29) is 0 Å². The molecule has 0 unspecified atom stereocenters. The molecule has 5 nitrogen and oxygen atoms in total. The van der Waals surface area contributed by atoms with Gasteiger partial charge in [0.25, 0.3) is 0 Å². The number of nitrogens with zero attached hydrogens (tertiary/aromatic N) is 3. The van der Waals surface area contributed by atoms with Crippen LogP contribution >= 0.6 is 11.6 Å². The fourth-order valence-corrected chi connectivity index (χ4v) is 3.62. The van der Waals surface area contributed by atoms with Crippen LogP contribution in [0.25, 0.3) is 0 Å². The summed E-state index contributed by atoms with van der Waals surface area (Å²) in [6, 6.07) is 16.0. The Hall–Kier alpha value is -2.79. The molecular formula is C22H23ClN4O. The van der Waals surface area contributed by atoms with Gasteiger partial charge in [-0.3, -0.25) is 0 Å². The largest absolute Gasteiger partial charge is 0.497 e. The van der Waals surface area contributed by atoms with Crippen molar-refractivity contribution >= 4 is 29.1 Å². The third kappa shape index (κ3) is 4.04. The molecule has 0 atom stereocenters. The molecule has 3 aromatic rings. The molecule has 0 saturated carbocycles. The van der Waals surface area contributed by atoms with Crippen molar-refractivity contribution in [2.45, 2.75) is 26.3 Å². The van der Waals surface area contributed by atoms with Crippen LogP contribution < -0.4 is 15.0 Å². The smallest absolute Gasteiger partial charge is 0.229 e. The molecule has 6 heteroatoms. The summed E-state index contributed by atoms with van der Waals surface area (Å²) in [5, 5.41) is 3.96. The minimum absolute atomic E-state index is 0.595. The quantitative estimate of drug-likeness (QED) is 0.659. The van der Waals surface area contributed by atoms with Gasteiger partial charge < -0.3 is 15.0 Å². The van der Waals surface area contributed by atoms with Crippen LogP contribution in [0.4, 0.5) is 17.5 Å². The fourth-order valence-electron chi connectivity index (χ4n) is 3.43. The minimum Gasteiger partial charge on any atom is -0.497 e. The van der Waals surface area contributed by atoms with Gasteiger partial charge in [-0.1, -0.05) is 30.7 Å². The molecule has 0 fully saturated rings. The molecule has 2 heterocycles. The summed E-state index contributed by atoms with van der Waals surface area (Å²) in [5.41, 5.74) is 4.54. The average Bonchev–Trinajstić information content (AvgIpc) is 2.72. The van der Waals surface area contributed by atoms with Crippen molar-refractivity contribution < 1.29 is 4.74 Å². The molecule has 0 aliphatic carbocycles. The van der Waals surface area contributed by atoms with E-state index in [1.165, 1.54) is 11.1 Å². The summed E-state index contributed by atoms with van der Waals surface area (Å²) < 4.78 is 5.35. The first-order valence-corrected chi connectivity index (χ1v) is 9.83. The Morgan fingerprint density at radius 2 is 2.00 bits per heavy atom. The molecule has 0 radical (unpaired) electrons. The predicted molar refractivity (Wildman–Crippen MR) is 114 cm³/mol. The number of hydrogen-bond acceptors (Lipinski definition) is 5. The van der Waals surface area contributed by atoms with Crippen LogP contribution in [-0.2, 0) is 19.4 Å². The molecule has 0 spiro atoms. The molecule has 2 aromatic carbocycles. The van der Waals surface area contributed by atoms with E-state index in [4.69, 9.17) is 21.3 Å². The maximum absolute atomic E-state index is 6.09. The molecule has 28 heavy (non-hydrogen) atoms. The van der Waals surface area contributed by atoms with Crippen molar-refractivity contribution in [3.63, 3.8) is 0 Å². The average molecular weight is 395 g/mol. The van der Waals surface area contributed by atoms with Gasteiger partial charge in [0, 0.05) is 35.6 Å². The first kappa shape index (κ1) is 18.6. The zero-order valence-corrected chi connectivity index (χ0v) is 16.8. The standard InChI is InChI=1S/C22H23ClN4O/c1-3-18-13-21(26-22(24-18)25-19-6-4-5-17(23)12-19)27-10-9-15-11-20(28-2)8-7-16(15)14-27/h4-8,11-13H,3,9-10,14H2,1-2H3,(H,24,25,26). The molecule has 1 N–H and O–H groups in total. The maximum Gasteiger partial charge on any atom is 0.229 e. The number of anilines is 3. The van der Waals surface area contributed by atoms with Gasteiger partial charge in [-0.25, -0.2) is 4.98 Å². The molecule has 1 aromatic heterocycles. The third-order valence-electron chi connectivity index (χ3n) is 4.96. The van der Waals surface area contributed by atoms with Gasteiger partial charge in [-0.15, -0.1) is 0 Å². The SMILES string of the molecule is CCc1cc(N2CCc3cc(OC)ccc3C2)nc(Nc2cccc(Cl)c2)n1. The Labute approximate surface area is 170 Å². The summed E-state index contributed by atoms with van der Waals surface area (Å²) in [6.45, 7) is 3.85. The molecular weight excluding hydrogens is 372 g/mol. The van der Waals surface area contributed by atoms with E-state index in [1.54, 1.807) is 7.11 Å². The highest BCUT2D eigenvalue weighted by atomic mass is 35.5. The second kappa shape index (κ2) is 8.07. The summed E-state index contributed by atoms with van der Waals surface area (Å²) in [7, 11) is 1.71. The molecule has 1 aliphatic rings. The topological polar surface area (TPSA) is 50.3 Å². The van der Waals surface area contributed by atoms with E-state index in [9.17, 15) is 0 Å². The van der Waals surface area contributed by atoms with Crippen LogP contribution in [0.3, 0.4) is 0 Å². The van der Waals surface area contributed by atoms with E-state index in [2.05, 4.69) is 40.3 Å². The van der Waals surface area contributed by atoms with E-state index in [0.717, 1.165) is 48.9 Å². The second-order valence-electron chi connectivity index (χ2n) is 6.84. The number of rotatable bonds is 5. The Kier molecular flexibility index (Phi) is 5.35. The lowest BCUT2D eigenvalue weighted by Crippen LogP contribution is -2.31. The van der Waals surface area contributed by atoms with Gasteiger partial charge in [0.15, 0.2) is 0 Å². The van der Waals surface area contributed by atoms with Gasteiger partial charge in [-0.05, 0) is 54.3 Å². The van der Waals surface area contributed by atoms with Crippen LogP contribution in [0.2, 0.25) is 5.02 Å². The first-order chi connectivity index (χ1) is 13.6. The Bertz CT molecular complexity index is 992. The Balaban J connectivity index is 1.60. The summed E-state index contributed by atoms with van der Waals surface area (Å²) in [4.78, 5) is 11.7. The number of hydrogen-bond donors (Lipinski definition) is 1.